The van der Waals surface area contributed by atoms with Gasteiger partial charge in [0, 0.05) is 23.3 Å². The fourth-order valence-corrected chi connectivity index (χ4v) is 5.44. The van der Waals surface area contributed by atoms with E-state index in [1.54, 1.807) is 24.3 Å². The minimum atomic E-state index is -4.67. The zero-order valence-electron chi connectivity index (χ0n) is 17.8. The summed E-state index contributed by atoms with van der Waals surface area (Å²) >= 11 is 0. The number of benzene rings is 2. The van der Waals surface area contributed by atoms with E-state index in [0.717, 1.165) is 31.7 Å². The van der Waals surface area contributed by atoms with Crippen LogP contribution in [0.4, 0.5) is 24.5 Å². The van der Waals surface area contributed by atoms with Crippen LogP contribution < -0.4 is 10.2 Å². The van der Waals surface area contributed by atoms with Crippen molar-refractivity contribution in [2.24, 2.45) is 0 Å². The molecule has 0 spiro atoms. The molecule has 2 heterocycles. The minimum Gasteiger partial charge on any atom is -0.392 e. The molecule has 172 valence electrons. The Morgan fingerprint density at radius 1 is 1.09 bits per heavy atom. The van der Waals surface area contributed by atoms with Crippen LogP contribution in [0.15, 0.2) is 48.0 Å². The number of nitrogens with zero attached hydrogens (tertiary/aromatic N) is 1. The first-order valence-corrected chi connectivity index (χ1v) is 11.1. The summed E-state index contributed by atoms with van der Waals surface area (Å²) in [5.41, 5.74) is 0.277. The van der Waals surface area contributed by atoms with E-state index in [9.17, 15) is 27.9 Å². The molecule has 2 fully saturated rings. The molecular formula is C25H23F3N2O3. The van der Waals surface area contributed by atoms with Crippen LogP contribution in [0.5, 0.6) is 0 Å². The largest absolute Gasteiger partial charge is 0.418 e. The standard InChI is InChI=1S/C25H23F3N2O3/c26-25(27,28)20-12-18(30-16-5-6-17(30)8-7-16)9-11-21(20)29-24(33)19-10-4-14-2-1-3-15(13-31)22(14)23(19)32/h1-3,9-12,16-17,31H,4-8,13H2,(H,29,33). The molecule has 0 aromatic heterocycles. The molecule has 8 heteroatoms. The Labute approximate surface area is 188 Å². The number of hydrogen-bond donors (Lipinski definition) is 2. The van der Waals surface area contributed by atoms with E-state index in [-0.39, 0.29) is 41.9 Å². The molecule has 0 radical (unpaired) electrons. The number of carbonyl (C=O) groups is 2. The Hall–Kier alpha value is -3.13. The van der Waals surface area contributed by atoms with Crippen molar-refractivity contribution in [3.8, 4) is 0 Å². The van der Waals surface area contributed by atoms with Gasteiger partial charge >= 0.3 is 6.18 Å². The average Bonchev–Trinajstić information content (AvgIpc) is 3.39. The normalized spacial score (nSPS) is 21.8. The van der Waals surface area contributed by atoms with Gasteiger partial charge in [0.25, 0.3) is 5.91 Å². The Morgan fingerprint density at radius 2 is 1.79 bits per heavy atom. The number of aliphatic hydroxyl groups excluding tert-OH is 1. The van der Waals surface area contributed by atoms with E-state index in [4.69, 9.17) is 0 Å². The molecule has 2 aliphatic heterocycles. The topological polar surface area (TPSA) is 69.6 Å². The van der Waals surface area contributed by atoms with Crippen molar-refractivity contribution < 1.29 is 27.9 Å². The average molecular weight is 456 g/mol. The lowest BCUT2D eigenvalue weighted by molar-refractivity contribution is -0.136. The number of halogens is 3. The van der Waals surface area contributed by atoms with Crippen molar-refractivity contribution >= 4 is 23.1 Å². The summed E-state index contributed by atoms with van der Waals surface area (Å²) in [6.07, 6.45) is 0.969. The van der Waals surface area contributed by atoms with Crippen LogP contribution >= 0.6 is 0 Å². The molecule has 33 heavy (non-hydrogen) atoms. The van der Waals surface area contributed by atoms with Crippen molar-refractivity contribution in [1.82, 2.24) is 0 Å². The van der Waals surface area contributed by atoms with Crippen molar-refractivity contribution in [2.45, 2.75) is 57.0 Å². The van der Waals surface area contributed by atoms with Crippen LogP contribution in [0.1, 0.15) is 52.7 Å². The van der Waals surface area contributed by atoms with Gasteiger partial charge in [-0.2, -0.15) is 13.2 Å². The van der Waals surface area contributed by atoms with Gasteiger partial charge in [-0.25, -0.2) is 0 Å². The third-order valence-electron chi connectivity index (χ3n) is 6.96. The van der Waals surface area contributed by atoms with Gasteiger partial charge in [-0.3, -0.25) is 9.59 Å². The van der Waals surface area contributed by atoms with Crippen LogP contribution in [0.2, 0.25) is 0 Å². The Morgan fingerprint density at radius 3 is 2.42 bits per heavy atom. The minimum absolute atomic E-state index is 0.224. The number of carbonyl (C=O) groups excluding carboxylic acids is 2. The molecule has 0 saturated carbocycles. The Kier molecular flexibility index (Phi) is 5.28. The van der Waals surface area contributed by atoms with Gasteiger partial charge in [-0.05, 0) is 61.4 Å². The summed E-state index contributed by atoms with van der Waals surface area (Å²) in [4.78, 5) is 27.9. The van der Waals surface area contributed by atoms with E-state index in [1.807, 2.05) is 0 Å². The van der Waals surface area contributed by atoms with Crippen LogP contribution in [0.25, 0.3) is 0 Å². The maximum absolute atomic E-state index is 13.9. The fourth-order valence-electron chi connectivity index (χ4n) is 5.44. The lowest BCUT2D eigenvalue weighted by Crippen LogP contribution is -2.29. The van der Waals surface area contributed by atoms with Crippen LogP contribution in [0.3, 0.4) is 0 Å². The van der Waals surface area contributed by atoms with E-state index >= 15 is 0 Å². The lowest BCUT2D eigenvalue weighted by Gasteiger charge is -2.26. The molecule has 2 aromatic carbocycles. The number of fused-ring (bicyclic) bond motifs is 3. The maximum atomic E-state index is 13.9. The summed E-state index contributed by atoms with van der Waals surface area (Å²) < 4.78 is 41.7. The highest BCUT2D eigenvalue weighted by Crippen LogP contribution is 2.44. The SMILES string of the molecule is O=C(Nc1ccc(N2C3CCC2CC3)cc1C(F)(F)F)C1=CCc2cccc(CO)c2C1=O. The smallest absolute Gasteiger partial charge is 0.392 e. The number of nitrogens with one attached hydrogen (secondary N) is 1. The fraction of sp³-hybridized carbons (Fsp3) is 0.360. The third kappa shape index (κ3) is 3.72. The first-order valence-electron chi connectivity index (χ1n) is 11.1. The number of hydrogen-bond acceptors (Lipinski definition) is 4. The van der Waals surface area contributed by atoms with Gasteiger partial charge in [0.1, 0.15) is 0 Å². The second-order valence-corrected chi connectivity index (χ2v) is 8.81. The summed E-state index contributed by atoms with van der Waals surface area (Å²) in [7, 11) is 0. The quantitative estimate of drug-likeness (QED) is 0.658. The molecule has 2 N–H and O–H groups in total. The highest BCUT2D eigenvalue weighted by atomic mass is 19.4. The second-order valence-electron chi connectivity index (χ2n) is 8.81. The van der Waals surface area contributed by atoms with E-state index in [2.05, 4.69) is 10.2 Å². The molecule has 2 saturated heterocycles. The zero-order valence-corrected chi connectivity index (χ0v) is 17.8. The van der Waals surface area contributed by atoms with Gasteiger partial charge in [-0.1, -0.05) is 24.3 Å². The predicted molar refractivity (Wildman–Crippen MR) is 117 cm³/mol. The van der Waals surface area contributed by atoms with Gasteiger partial charge < -0.3 is 15.3 Å². The van der Waals surface area contributed by atoms with Crippen molar-refractivity contribution in [3.05, 3.63) is 70.3 Å². The molecule has 3 aliphatic rings. The number of anilines is 2. The van der Waals surface area contributed by atoms with Crippen LogP contribution in [-0.4, -0.2) is 28.9 Å². The number of alkyl halides is 3. The second kappa shape index (κ2) is 8.02. The number of Topliss-reactive ketones (excluding diaryl/α,β-unsaturated/α-hetero) is 1. The number of amides is 1. The Bertz CT molecular complexity index is 1150. The molecule has 5 rings (SSSR count). The molecule has 0 unspecified atom stereocenters. The van der Waals surface area contributed by atoms with Crippen molar-refractivity contribution in [1.29, 1.82) is 0 Å². The molecule has 1 aliphatic carbocycles. The van der Waals surface area contributed by atoms with Gasteiger partial charge in [0.15, 0.2) is 5.78 Å². The highest BCUT2D eigenvalue weighted by molar-refractivity contribution is 6.30. The summed E-state index contributed by atoms with van der Waals surface area (Å²) in [5.74, 6) is -1.49. The highest BCUT2D eigenvalue weighted by Gasteiger charge is 2.41. The van der Waals surface area contributed by atoms with Gasteiger partial charge in [0.05, 0.1) is 23.4 Å². The maximum Gasteiger partial charge on any atom is 0.418 e. The van der Waals surface area contributed by atoms with Gasteiger partial charge in [-0.15, -0.1) is 0 Å². The summed E-state index contributed by atoms with van der Waals surface area (Å²) in [5, 5.41) is 11.9. The monoisotopic (exact) mass is 456 g/mol. The number of rotatable bonds is 4. The molecule has 2 aromatic rings. The number of ketones is 1. The molecule has 5 nitrogen and oxygen atoms in total. The predicted octanol–water partition coefficient (Wildman–Crippen LogP) is 4.63. The zero-order chi connectivity index (χ0) is 23.3. The van der Waals surface area contributed by atoms with Crippen molar-refractivity contribution in [3.63, 3.8) is 0 Å². The first kappa shape index (κ1) is 21.7. The number of aliphatic hydroxyl groups is 1. The third-order valence-corrected chi connectivity index (χ3v) is 6.96. The molecule has 2 bridgehead atoms. The molecule has 1 amide bonds. The summed E-state index contributed by atoms with van der Waals surface area (Å²) in [6.45, 7) is -0.373. The van der Waals surface area contributed by atoms with E-state index in [1.165, 1.54) is 12.1 Å². The summed E-state index contributed by atoms with van der Waals surface area (Å²) in [6, 6.07) is 9.53. The molecular weight excluding hydrogens is 433 g/mol. The van der Waals surface area contributed by atoms with Crippen LogP contribution in [0, 0.1) is 0 Å². The molecule has 0 atom stereocenters. The van der Waals surface area contributed by atoms with E-state index < -0.39 is 23.4 Å². The number of allylic oxidation sites excluding steroid dienone is 1. The van der Waals surface area contributed by atoms with E-state index in [0.29, 0.717) is 16.8 Å². The van der Waals surface area contributed by atoms with Crippen molar-refractivity contribution in [2.75, 3.05) is 10.2 Å². The Balaban J connectivity index is 1.44. The van der Waals surface area contributed by atoms with Crippen LogP contribution in [-0.2, 0) is 24.0 Å². The first-order chi connectivity index (χ1) is 15.8. The lowest BCUT2D eigenvalue weighted by atomic mass is 9.87. The van der Waals surface area contributed by atoms with Gasteiger partial charge in [0.2, 0.25) is 0 Å².